The zero-order valence-electron chi connectivity index (χ0n) is 10.6. The van der Waals surface area contributed by atoms with Crippen LogP contribution in [0.25, 0.3) is 0 Å². The van der Waals surface area contributed by atoms with Crippen LogP contribution in [0.4, 0.5) is 10.5 Å². The van der Waals surface area contributed by atoms with Crippen molar-refractivity contribution < 1.29 is 9.53 Å². The Morgan fingerprint density at radius 3 is 2.71 bits per heavy atom. The van der Waals surface area contributed by atoms with Crippen molar-refractivity contribution in [3.8, 4) is 0 Å². The predicted octanol–water partition coefficient (Wildman–Crippen LogP) is 3.19. The fraction of sp³-hybridized carbons (Fsp3) is 0.429. The highest BCUT2D eigenvalue weighted by Crippen LogP contribution is 2.32. The molecule has 0 aromatic heterocycles. The smallest absolute Gasteiger partial charge is 0.415 e. The second kappa shape index (κ2) is 4.06. The van der Waals surface area contributed by atoms with Crippen LogP contribution in [0.5, 0.6) is 0 Å². The summed E-state index contributed by atoms with van der Waals surface area (Å²) < 4.78 is 5.40. The van der Waals surface area contributed by atoms with Crippen LogP contribution < -0.4 is 4.90 Å². The molecule has 1 aliphatic rings. The lowest BCUT2D eigenvalue weighted by Crippen LogP contribution is -2.40. The van der Waals surface area contributed by atoms with Crippen LogP contribution in [0.3, 0.4) is 0 Å². The molecule has 1 aliphatic heterocycles. The van der Waals surface area contributed by atoms with Gasteiger partial charge in [0.2, 0.25) is 0 Å². The number of carbonyl (C=O) groups is 1. The van der Waals surface area contributed by atoms with E-state index in [2.05, 4.69) is 6.92 Å². The molecule has 1 radical (unpaired) electrons. The van der Waals surface area contributed by atoms with Gasteiger partial charge in [0.15, 0.2) is 0 Å². The molecule has 1 amide bonds. The quantitative estimate of drug-likeness (QED) is 0.687. The van der Waals surface area contributed by atoms with Crippen molar-refractivity contribution in [3.05, 3.63) is 36.8 Å². The second-order valence-corrected chi connectivity index (χ2v) is 5.34. The van der Waals surface area contributed by atoms with E-state index in [1.165, 1.54) is 0 Å². The molecule has 0 bridgehead atoms. The average Bonchev–Trinajstić information content (AvgIpc) is 2.50. The van der Waals surface area contributed by atoms with Gasteiger partial charge in [0, 0.05) is 6.04 Å². The summed E-state index contributed by atoms with van der Waals surface area (Å²) in [6.07, 6.45) is 0.470. The Hall–Kier alpha value is -1.51. The van der Waals surface area contributed by atoms with Crippen LogP contribution in [0.1, 0.15) is 26.3 Å². The molecule has 3 nitrogen and oxygen atoms in total. The lowest BCUT2D eigenvalue weighted by molar-refractivity contribution is 0.0575. The van der Waals surface area contributed by atoms with Gasteiger partial charge in [-0.1, -0.05) is 18.2 Å². The number of anilines is 1. The molecular formula is C14H18NO2. The monoisotopic (exact) mass is 232 g/mol. The van der Waals surface area contributed by atoms with Crippen molar-refractivity contribution in [2.24, 2.45) is 0 Å². The standard InChI is InChI=1S/C14H18NO2/c1-10-9-11-7-5-6-8-12(11)15(10)13(16)17-14(2,3)4/h5-8,10H,1,9H2,2-4H3. The third kappa shape index (κ3) is 2.43. The highest BCUT2D eigenvalue weighted by Gasteiger charge is 2.33. The van der Waals surface area contributed by atoms with Crippen molar-refractivity contribution in [2.45, 2.75) is 38.8 Å². The topological polar surface area (TPSA) is 29.5 Å². The molecule has 17 heavy (non-hydrogen) atoms. The van der Waals surface area contributed by atoms with Gasteiger partial charge in [0.1, 0.15) is 5.60 Å². The lowest BCUT2D eigenvalue weighted by Gasteiger charge is -2.27. The Morgan fingerprint density at radius 1 is 1.41 bits per heavy atom. The first-order valence-corrected chi connectivity index (χ1v) is 5.82. The fourth-order valence-electron chi connectivity index (χ4n) is 2.02. The molecule has 0 saturated carbocycles. The molecule has 0 saturated heterocycles. The minimum absolute atomic E-state index is 0.0813. The van der Waals surface area contributed by atoms with Crippen LogP contribution in [0.2, 0.25) is 0 Å². The van der Waals surface area contributed by atoms with Gasteiger partial charge >= 0.3 is 6.09 Å². The van der Waals surface area contributed by atoms with Gasteiger partial charge in [-0.05, 0) is 45.7 Å². The summed E-state index contributed by atoms with van der Waals surface area (Å²) >= 11 is 0. The van der Waals surface area contributed by atoms with Crippen molar-refractivity contribution in [1.82, 2.24) is 0 Å². The molecule has 0 aliphatic carbocycles. The molecule has 1 unspecified atom stereocenters. The van der Waals surface area contributed by atoms with Gasteiger partial charge in [-0.3, -0.25) is 4.90 Å². The number of benzene rings is 1. The number of ether oxygens (including phenoxy) is 1. The van der Waals surface area contributed by atoms with E-state index in [-0.39, 0.29) is 12.1 Å². The number of nitrogens with zero attached hydrogens (tertiary/aromatic N) is 1. The maximum Gasteiger partial charge on any atom is 0.415 e. The Morgan fingerprint density at radius 2 is 2.06 bits per heavy atom. The summed E-state index contributed by atoms with van der Waals surface area (Å²) in [6.45, 7) is 9.61. The number of carbonyl (C=O) groups excluding carboxylic acids is 1. The van der Waals surface area contributed by atoms with E-state index in [0.717, 1.165) is 17.7 Å². The molecule has 1 atom stereocenters. The first kappa shape index (κ1) is 12.0. The molecule has 1 heterocycles. The lowest BCUT2D eigenvalue weighted by atomic mass is 10.1. The molecule has 2 rings (SSSR count). The molecule has 3 heteroatoms. The summed E-state index contributed by atoms with van der Waals surface area (Å²) in [5.74, 6) is 0. The molecular weight excluding hydrogens is 214 g/mol. The minimum Gasteiger partial charge on any atom is -0.443 e. The number of para-hydroxylation sites is 1. The highest BCUT2D eigenvalue weighted by molar-refractivity contribution is 5.91. The Labute approximate surface area is 102 Å². The third-order valence-electron chi connectivity index (χ3n) is 2.66. The van der Waals surface area contributed by atoms with E-state index in [4.69, 9.17) is 4.74 Å². The molecule has 0 spiro atoms. The summed E-state index contributed by atoms with van der Waals surface area (Å²) in [6, 6.07) is 7.78. The van der Waals surface area contributed by atoms with Gasteiger partial charge in [-0.15, -0.1) is 0 Å². The van der Waals surface area contributed by atoms with Gasteiger partial charge in [-0.2, -0.15) is 0 Å². The van der Waals surface area contributed by atoms with E-state index >= 15 is 0 Å². The fourth-order valence-corrected chi connectivity index (χ4v) is 2.02. The SMILES string of the molecule is [CH2]C1Cc2ccccc2N1C(=O)OC(C)(C)C. The number of hydrogen-bond donors (Lipinski definition) is 0. The van der Waals surface area contributed by atoms with Crippen molar-refractivity contribution in [3.63, 3.8) is 0 Å². The summed E-state index contributed by atoms with van der Waals surface area (Å²) in [4.78, 5) is 13.7. The number of fused-ring (bicyclic) bond motifs is 1. The Balaban J connectivity index is 2.25. The summed E-state index contributed by atoms with van der Waals surface area (Å²) in [7, 11) is 0. The van der Waals surface area contributed by atoms with E-state index in [1.54, 1.807) is 4.90 Å². The van der Waals surface area contributed by atoms with Crippen LogP contribution in [0, 0.1) is 6.92 Å². The van der Waals surface area contributed by atoms with Crippen molar-refractivity contribution >= 4 is 11.8 Å². The third-order valence-corrected chi connectivity index (χ3v) is 2.66. The number of amides is 1. The largest absolute Gasteiger partial charge is 0.443 e. The number of hydrogen-bond acceptors (Lipinski definition) is 2. The Kier molecular flexibility index (Phi) is 2.86. The van der Waals surface area contributed by atoms with Gasteiger partial charge in [-0.25, -0.2) is 4.79 Å². The van der Waals surface area contributed by atoms with E-state index in [1.807, 2.05) is 45.0 Å². The molecule has 0 N–H and O–H groups in total. The average molecular weight is 232 g/mol. The van der Waals surface area contributed by atoms with Gasteiger partial charge in [0.25, 0.3) is 0 Å². The predicted molar refractivity (Wildman–Crippen MR) is 68.0 cm³/mol. The van der Waals surface area contributed by atoms with Crippen LogP contribution in [0.15, 0.2) is 24.3 Å². The molecule has 0 fully saturated rings. The zero-order valence-corrected chi connectivity index (χ0v) is 10.6. The normalized spacial score (nSPS) is 19.1. The van der Waals surface area contributed by atoms with Gasteiger partial charge in [0.05, 0.1) is 5.69 Å². The summed E-state index contributed by atoms with van der Waals surface area (Å²) in [5.41, 5.74) is 1.59. The van der Waals surface area contributed by atoms with Crippen LogP contribution in [-0.2, 0) is 11.2 Å². The molecule has 1 aromatic rings. The van der Waals surface area contributed by atoms with Crippen molar-refractivity contribution in [2.75, 3.05) is 4.90 Å². The van der Waals surface area contributed by atoms with Crippen LogP contribution in [-0.4, -0.2) is 17.7 Å². The minimum atomic E-state index is -0.478. The maximum atomic E-state index is 12.1. The van der Waals surface area contributed by atoms with E-state index < -0.39 is 5.60 Å². The maximum absolute atomic E-state index is 12.1. The molecule has 91 valence electrons. The van der Waals surface area contributed by atoms with Gasteiger partial charge < -0.3 is 4.74 Å². The van der Waals surface area contributed by atoms with E-state index in [0.29, 0.717) is 0 Å². The first-order valence-electron chi connectivity index (χ1n) is 5.82. The second-order valence-electron chi connectivity index (χ2n) is 5.34. The highest BCUT2D eigenvalue weighted by atomic mass is 16.6. The molecule has 1 aromatic carbocycles. The zero-order chi connectivity index (χ0) is 12.6. The van der Waals surface area contributed by atoms with Crippen molar-refractivity contribution in [1.29, 1.82) is 0 Å². The number of rotatable bonds is 0. The summed E-state index contributed by atoms with van der Waals surface area (Å²) in [5, 5.41) is 0. The first-order chi connectivity index (χ1) is 7.88. The van der Waals surface area contributed by atoms with Crippen LogP contribution >= 0.6 is 0 Å². The van der Waals surface area contributed by atoms with E-state index in [9.17, 15) is 4.79 Å². The Bertz CT molecular complexity index is 434.